The van der Waals surface area contributed by atoms with Crippen LogP contribution in [0, 0.1) is 0 Å². The summed E-state index contributed by atoms with van der Waals surface area (Å²) < 4.78 is 15.1. The second kappa shape index (κ2) is 7.29. The molecule has 0 N–H and O–H groups in total. The maximum absolute atomic E-state index is 13.2. The van der Waals surface area contributed by atoms with Crippen molar-refractivity contribution < 1.29 is 14.3 Å². The number of aryl methyl sites for hydroxylation is 2. The molecule has 162 valence electrons. The molecule has 0 unspecified atom stereocenters. The number of aromatic nitrogens is 4. The van der Waals surface area contributed by atoms with E-state index in [1.54, 1.807) is 23.6 Å². The number of carbonyl (C=O) groups excluding carboxylic acids is 1. The van der Waals surface area contributed by atoms with Gasteiger partial charge >= 0.3 is 5.69 Å². The van der Waals surface area contributed by atoms with E-state index in [1.807, 2.05) is 18.2 Å². The second-order valence-corrected chi connectivity index (χ2v) is 7.91. The molecule has 10 nitrogen and oxygen atoms in total. The minimum atomic E-state index is -0.556. The van der Waals surface area contributed by atoms with Crippen LogP contribution in [0.4, 0.5) is 0 Å². The number of hydrogen-bond donors (Lipinski definition) is 0. The third-order valence-electron chi connectivity index (χ3n) is 6.02. The Morgan fingerprint density at radius 3 is 2.74 bits per heavy atom. The highest BCUT2D eigenvalue weighted by Gasteiger charge is 2.31. The molecule has 0 saturated carbocycles. The molecule has 1 saturated heterocycles. The van der Waals surface area contributed by atoms with E-state index in [4.69, 9.17) is 9.47 Å². The zero-order valence-corrected chi connectivity index (χ0v) is 17.4. The Hall–Kier alpha value is -3.56. The highest BCUT2D eigenvalue weighted by molar-refractivity contribution is 5.77. The van der Waals surface area contributed by atoms with Crippen LogP contribution in [0.2, 0.25) is 0 Å². The van der Waals surface area contributed by atoms with Crippen LogP contribution in [-0.4, -0.2) is 49.3 Å². The molecule has 0 radical (unpaired) electrons. The van der Waals surface area contributed by atoms with Crippen LogP contribution < -0.4 is 20.7 Å². The Balaban J connectivity index is 1.46. The summed E-state index contributed by atoms with van der Waals surface area (Å²) in [4.78, 5) is 44.7. The standard InChI is InChI=1S/C21H23N5O5/c1-23-12-22-19-18(23)20(28)26(21(29)24(19)2)11-17(27)25-7-3-4-14(25)13-5-6-15-16(10-13)31-9-8-30-15/h5-6,10,12,14H,3-4,7-9,11H2,1-2H3/t14-/m0/s1. The fourth-order valence-corrected chi connectivity index (χ4v) is 4.44. The number of nitrogens with zero attached hydrogens (tertiary/aromatic N) is 5. The van der Waals surface area contributed by atoms with Gasteiger partial charge in [0.05, 0.1) is 12.4 Å². The van der Waals surface area contributed by atoms with E-state index in [2.05, 4.69) is 4.98 Å². The summed E-state index contributed by atoms with van der Waals surface area (Å²) in [6, 6.07) is 5.58. The molecular formula is C21H23N5O5. The summed E-state index contributed by atoms with van der Waals surface area (Å²) in [6.45, 7) is 1.27. The van der Waals surface area contributed by atoms with Gasteiger partial charge in [0, 0.05) is 20.6 Å². The van der Waals surface area contributed by atoms with E-state index in [1.165, 1.54) is 10.9 Å². The molecule has 31 heavy (non-hydrogen) atoms. The lowest BCUT2D eigenvalue weighted by molar-refractivity contribution is -0.132. The van der Waals surface area contributed by atoms with Crippen molar-refractivity contribution in [2.24, 2.45) is 14.1 Å². The molecule has 1 fully saturated rings. The molecule has 10 heteroatoms. The number of amides is 1. The number of imidazole rings is 1. The number of ether oxygens (including phenoxy) is 2. The maximum atomic E-state index is 13.2. The van der Waals surface area contributed by atoms with Crippen LogP contribution in [0.5, 0.6) is 11.5 Å². The van der Waals surface area contributed by atoms with Crippen molar-refractivity contribution >= 4 is 17.1 Å². The van der Waals surface area contributed by atoms with Gasteiger partial charge < -0.3 is 18.9 Å². The van der Waals surface area contributed by atoms with Gasteiger partial charge in [-0.05, 0) is 30.5 Å². The maximum Gasteiger partial charge on any atom is 0.332 e. The summed E-state index contributed by atoms with van der Waals surface area (Å²) in [5.74, 6) is 1.11. The van der Waals surface area contributed by atoms with E-state index in [0.717, 1.165) is 23.0 Å². The fraction of sp³-hybridized carbons (Fsp3) is 0.429. The Morgan fingerprint density at radius 2 is 1.94 bits per heavy atom. The van der Waals surface area contributed by atoms with Crippen molar-refractivity contribution in [2.75, 3.05) is 19.8 Å². The molecule has 1 atom stereocenters. The second-order valence-electron chi connectivity index (χ2n) is 7.91. The monoisotopic (exact) mass is 425 g/mol. The normalized spacial score (nSPS) is 18.0. The SMILES string of the molecule is Cn1cnc2c1c(=O)n(CC(=O)N1CCC[C@H]1c1ccc3c(c1)OCCO3)c(=O)n2C. The average molecular weight is 425 g/mol. The van der Waals surface area contributed by atoms with Crippen molar-refractivity contribution in [3.05, 3.63) is 50.9 Å². The Morgan fingerprint density at radius 1 is 1.16 bits per heavy atom. The summed E-state index contributed by atoms with van der Waals surface area (Å²) >= 11 is 0. The van der Waals surface area contributed by atoms with E-state index < -0.39 is 11.2 Å². The molecule has 5 rings (SSSR count). The number of rotatable bonds is 3. The van der Waals surface area contributed by atoms with Crippen LogP contribution in [0.25, 0.3) is 11.2 Å². The van der Waals surface area contributed by atoms with Crippen LogP contribution in [-0.2, 0) is 25.4 Å². The van der Waals surface area contributed by atoms with Crippen molar-refractivity contribution in [1.82, 2.24) is 23.6 Å². The molecule has 3 aromatic rings. The van der Waals surface area contributed by atoms with Crippen molar-refractivity contribution in [3.63, 3.8) is 0 Å². The van der Waals surface area contributed by atoms with Gasteiger partial charge in [0.2, 0.25) is 5.91 Å². The predicted octanol–water partition coefficient (Wildman–Crippen LogP) is 0.569. The topological polar surface area (TPSA) is 101 Å². The Kier molecular flexibility index (Phi) is 4.57. The van der Waals surface area contributed by atoms with Gasteiger partial charge in [0.15, 0.2) is 22.7 Å². The van der Waals surface area contributed by atoms with E-state index in [9.17, 15) is 14.4 Å². The fourth-order valence-electron chi connectivity index (χ4n) is 4.44. The summed E-state index contributed by atoms with van der Waals surface area (Å²) in [7, 11) is 3.23. The van der Waals surface area contributed by atoms with Gasteiger partial charge in [-0.1, -0.05) is 6.07 Å². The van der Waals surface area contributed by atoms with Gasteiger partial charge in [-0.3, -0.25) is 14.2 Å². The molecule has 0 bridgehead atoms. The number of likely N-dealkylation sites (tertiary alicyclic amines) is 1. The zero-order chi connectivity index (χ0) is 21.7. The Labute approximate surface area is 177 Å². The smallest absolute Gasteiger partial charge is 0.332 e. The minimum Gasteiger partial charge on any atom is -0.486 e. The van der Waals surface area contributed by atoms with Crippen molar-refractivity contribution in [1.29, 1.82) is 0 Å². The van der Waals surface area contributed by atoms with Crippen LogP contribution in [0.3, 0.4) is 0 Å². The zero-order valence-electron chi connectivity index (χ0n) is 17.4. The van der Waals surface area contributed by atoms with Crippen LogP contribution in [0.1, 0.15) is 24.4 Å². The van der Waals surface area contributed by atoms with Gasteiger partial charge in [0.25, 0.3) is 5.56 Å². The largest absolute Gasteiger partial charge is 0.486 e. The van der Waals surface area contributed by atoms with Crippen LogP contribution in [0.15, 0.2) is 34.1 Å². The number of fused-ring (bicyclic) bond motifs is 2. The quantitative estimate of drug-likeness (QED) is 0.608. The molecule has 1 amide bonds. The number of benzene rings is 1. The molecular weight excluding hydrogens is 402 g/mol. The van der Waals surface area contributed by atoms with Gasteiger partial charge in [-0.25, -0.2) is 14.3 Å². The Bertz CT molecular complexity index is 1300. The molecule has 0 aliphatic carbocycles. The van der Waals surface area contributed by atoms with Crippen molar-refractivity contribution in [2.45, 2.75) is 25.4 Å². The van der Waals surface area contributed by atoms with Gasteiger partial charge in [-0.2, -0.15) is 0 Å². The third kappa shape index (κ3) is 3.09. The van der Waals surface area contributed by atoms with E-state index in [-0.39, 0.29) is 18.5 Å². The van der Waals surface area contributed by atoms with E-state index >= 15 is 0 Å². The summed E-state index contributed by atoms with van der Waals surface area (Å²) in [5, 5.41) is 0. The van der Waals surface area contributed by atoms with Crippen LogP contribution >= 0.6 is 0 Å². The van der Waals surface area contributed by atoms with Gasteiger partial charge in [-0.15, -0.1) is 0 Å². The molecule has 1 aromatic carbocycles. The summed E-state index contributed by atoms with van der Waals surface area (Å²) in [6.07, 6.45) is 3.13. The average Bonchev–Trinajstić information content (AvgIpc) is 3.42. The van der Waals surface area contributed by atoms with Gasteiger partial charge in [0.1, 0.15) is 19.8 Å². The first-order valence-corrected chi connectivity index (χ1v) is 10.3. The molecule has 4 heterocycles. The lowest BCUT2D eigenvalue weighted by atomic mass is 10.0. The first kappa shape index (κ1) is 19.4. The third-order valence-corrected chi connectivity index (χ3v) is 6.02. The lowest BCUT2D eigenvalue weighted by Crippen LogP contribution is -2.44. The molecule has 2 aliphatic rings. The number of carbonyl (C=O) groups is 1. The molecule has 2 aliphatic heterocycles. The first-order valence-electron chi connectivity index (χ1n) is 10.3. The highest BCUT2D eigenvalue weighted by Crippen LogP contribution is 2.38. The predicted molar refractivity (Wildman–Crippen MR) is 111 cm³/mol. The lowest BCUT2D eigenvalue weighted by Gasteiger charge is -2.27. The van der Waals surface area contributed by atoms with Crippen molar-refractivity contribution in [3.8, 4) is 11.5 Å². The number of hydrogen-bond acceptors (Lipinski definition) is 6. The summed E-state index contributed by atoms with van der Waals surface area (Å²) in [5.41, 5.74) is 0.481. The molecule has 2 aromatic heterocycles. The first-order chi connectivity index (χ1) is 15.0. The highest BCUT2D eigenvalue weighted by atomic mass is 16.6. The van der Waals surface area contributed by atoms with E-state index in [0.29, 0.717) is 42.4 Å². The molecule has 0 spiro atoms. The minimum absolute atomic E-state index is 0.136.